The summed E-state index contributed by atoms with van der Waals surface area (Å²) in [6, 6.07) is 9.52. The number of urea groups is 1. The molecule has 4 N–H and O–H groups in total. The van der Waals surface area contributed by atoms with Gasteiger partial charge < -0.3 is 40.0 Å². The van der Waals surface area contributed by atoms with Crippen LogP contribution in [0.15, 0.2) is 66.9 Å². The molecular weight excluding hydrogens is 723 g/mol. The Morgan fingerprint density at radius 2 is 1.82 bits per heavy atom. The summed E-state index contributed by atoms with van der Waals surface area (Å²) in [4.78, 5) is 56.8. The minimum absolute atomic E-state index is 0.0655. The molecule has 0 bridgehead atoms. The van der Waals surface area contributed by atoms with Gasteiger partial charge in [0.2, 0.25) is 0 Å². The maximum Gasteiger partial charge on any atom is 0.407 e. The summed E-state index contributed by atoms with van der Waals surface area (Å²) >= 11 is 0. The molecule has 1 saturated heterocycles. The molecule has 1 aromatic heterocycles. The van der Waals surface area contributed by atoms with Gasteiger partial charge in [-0.2, -0.15) is 0 Å². The Labute approximate surface area is 316 Å². The van der Waals surface area contributed by atoms with Crippen molar-refractivity contribution in [1.82, 2.24) is 35.3 Å². The molecule has 296 valence electrons. The standard InChI is InChI=1S/C38H46F3N7O7/c1-24(23-55-37(52)43-13-15-54-16-14-47-32(49)11-12-33(47)50)44-36(51)48(21-26-18-42-19-30(26)41)34(38(2,3)53)35-45-31(28-17-27(39)9-10-29(28)40)22-46(35)20-25-7-5-4-6-8-25/h4-12,17,22,24,26,30,34,42,53H,13-16,18-21,23H2,1-3H3,(H,43,52)(H,44,51)/t24-,26-,30-,34-/m0/s1. The molecular formula is C38H46F3N7O7. The van der Waals surface area contributed by atoms with Crippen LogP contribution in [0.1, 0.15) is 38.2 Å². The number of nitrogens with zero attached hydrogens (tertiary/aromatic N) is 4. The first-order chi connectivity index (χ1) is 26.2. The Morgan fingerprint density at radius 1 is 1.09 bits per heavy atom. The van der Waals surface area contributed by atoms with Crippen LogP contribution >= 0.6 is 0 Å². The quantitative estimate of drug-likeness (QED) is 0.119. The minimum Gasteiger partial charge on any atom is -0.447 e. The molecule has 0 spiro atoms. The number of benzene rings is 2. The van der Waals surface area contributed by atoms with Gasteiger partial charge in [0.1, 0.15) is 36.3 Å². The second-order valence-corrected chi connectivity index (χ2v) is 14.0. The monoisotopic (exact) mass is 769 g/mol. The van der Waals surface area contributed by atoms with E-state index in [1.165, 1.54) is 37.1 Å². The van der Waals surface area contributed by atoms with Crippen LogP contribution in [0.25, 0.3) is 11.3 Å². The highest BCUT2D eigenvalue weighted by molar-refractivity contribution is 6.12. The lowest BCUT2D eigenvalue weighted by Gasteiger charge is -2.40. The summed E-state index contributed by atoms with van der Waals surface area (Å²) in [6.07, 6.45) is 1.79. The summed E-state index contributed by atoms with van der Waals surface area (Å²) in [5.41, 5.74) is -0.934. The highest BCUT2D eigenvalue weighted by atomic mass is 19.1. The van der Waals surface area contributed by atoms with Crippen molar-refractivity contribution in [3.63, 3.8) is 0 Å². The van der Waals surface area contributed by atoms with Gasteiger partial charge in [-0.15, -0.1) is 0 Å². The van der Waals surface area contributed by atoms with E-state index in [1.807, 2.05) is 30.3 Å². The van der Waals surface area contributed by atoms with Crippen molar-refractivity contribution in [3.05, 3.63) is 89.9 Å². The number of hydrogen-bond acceptors (Lipinski definition) is 9. The number of hydrogen-bond donors (Lipinski definition) is 4. The summed E-state index contributed by atoms with van der Waals surface area (Å²) in [5.74, 6) is -2.75. The van der Waals surface area contributed by atoms with Gasteiger partial charge in [-0.1, -0.05) is 30.3 Å². The van der Waals surface area contributed by atoms with E-state index in [4.69, 9.17) is 14.5 Å². The molecule has 14 nitrogen and oxygen atoms in total. The van der Waals surface area contributed by atoms with Crippen LogP contribution in [-0.4, -0.2) is 119 Å². The molecule has 0 aliphatic carbocycles. The molecule has 3 aromatic rings. The van der Waals surface area contributed by atoms with Crippen LogP contribution < -0.4 is 16.0 Å². The lowest BCUT2D eigenvalue weighted by atomic mass is 9.94. The molecule has 3 heterocycles. The summed E-state index contributed by atoms with van der Waals surface area (Å²) < 4.78 is 56.8. The van der Waals surface area contributed by atoms with Gasteiger partial charge in [-0.3, -0.25) is 14.5 Å². The van der Waals surface area contributed by atoms with Gasteiger partial charge in [0.05, 0.1) is 37.1 Å². The van der Waals surface area contributed by atoms with Gasteiger partial charge >= 0.3 is 12.1 Å². The zero-order valence-corrected chi connectivity index (χ0v) is 30.8. The highest BCUT2D eigenvalue weighted by Crippen LogP contribution is 2.36. The highest BCUT2D eigenvalue weighted by Gasteiger charge is 2.43. The molecule has 1 fully saturated rings. The average Bonchev–Trinajstić information content (AvgIpc) is 3.83. The van der Waals surface area contributed by atoms with Crippen LogP contribution in [0.3, 0.4) is 0 Å². The number of imidazole rings is 1. The van der Waals surface area contributed by atoms with Gasteiger partial charge in [0.15, 0.2) is 0 Å². The fourth-order valence-corrected chi connectivity index (χ4v) is 6.38. The maximum absolute atomic E-state index is 15.1. The Balaban J connectivity index is 1.30. The molecule has 55 heavy (non-hydrogen) atoms. The number of alkyl carbamates (subject to hydrolysis) is 1. The summed E-state index contributed by atoms with van der Waals surface area (Å²) in [7, 11) is 0. The Bertz CT molecular complexity index is 1840. The number of imide groups is 1. The number of aliphatic hydroxyl groups is 1. The van der Waals surface area contributed by atoms with Gasteiger partial charge in [0.25, 0.3) is 11.8 Å². The Hall–Kier alpha value is -5.26. The molecule has 2 aliphatic heterocycles. The van der Waals surface area contributed by atoms with Crippen LogP contribution in [0.2, 0.25) is 0 Å². The lowest BCUT2D eigenvalue weighted by Crippen LogP contribution is -2.54. The number of halogens is 3. The van der Waals surface area contributed by atoms with Crippen molar-refractivity contribution in [3.8, 4) is 11.3 Å². The first-order valence-corrected chi connectivity index (χ1v) is 17.9. The summed E-state index contributed by atoms with van der Waals surface area (Å²) in [6.45, 7) is 4.98. The zero-order chi connectivity index (χ0) is 39.7. The van der Waals surface area contributed by atoms with Crippen LogP contribution in [0.5, 0.6) is 0 Å². The topological polar surface area (TPSA) is 167 Å². The molecule has 5 amide bonds. The Morgan fingerprint density at radius 3 is 2.49 bits per heavy atom. The SMILES string of the molecule is C[C@@H](COC(=O)NCCOCCN1C(=O)C=CC1=O)NC(=O)N(C[C@@H]1CNC[C@@H]1F)[C@@H](c1nc(-c2cc(F)ccc2F)cn1Cc1ccccc1)C(C)(C)O. The number of ether oxygens (including phenoxy) is 2. The Kier molecular flexibility index (Phi) is 13.7. The maximum atomic E-state index is 15.1. The largest absolute Gasteiger partial charge is 0.447 e. The predicted octanol–water partition coefficient (Wildman–Crippen LogP) is 3.31. The zero-order valence-electron chi connectivity index (χ0n) is 30.8. The molecule has 2 aromatic carbocycles. The van der Waals surface area contributed by atoms with E-state index in [2.05, 4.69) is 16.0 Å². The number of rotatable bonds is 17. The number of amides is 5. The van der Waals surface area contributed by atoms with Crippen LogP contribution in [0, 0.1) is 17.6 Å². The van der Waals surface area contributed by atoms with E-state index in [-0.39, 0.29) is 76.2 Å². The molecule has 0 unspecified atom stereocenters. The van der Waals surface area contributed by atoms with Crippen LogP contribution in [-0.2, 0) is 25.6 Å². The predicted molar refractivity (Wildman–Crippen MR) is 194 cm³/mol. The summed E-state index contributed by atoms with van der Waals surface area (Å²) in [5, 5.41) is 20.0. The van der Waals surface area contributed by atoms with Crippen molar-refractivity contribution in [2.75, 3.05) is 52.5 Å². The molecule has 2 aliphatic rings. The smallest absolute Gasteiger partial charge is 0.407 e. The molecule has 17 heteroatoms. The van der Waals surface area contributed by atoms with Crippen molar-refractivity contribution < 1.29 is 46.9 Å². The second kappa shape index (κ2) is 18.4. The first-order valence-electron chi connectivity index (χ1n) is 17.9. The van der Waals surface area contributed by atoms with Crippen molar-refractivity contribution in [2.45, 2.75) is 51.2 Å². The third-order valence-electron chi connectivity index (χ3n) is 9.09. The number of nitrogens with one attached hydrogen (secondary N) is 3. The van der Waals surface area contributed by atoms with Crippen molar-refractivity contribution >= 4 is 23.9 Å². The lowest BCUT2D eigenvalue weighted by molar-refractivity contribution is -0.137. The second-order valence-electron chi connectivity index (χ2n) is 14.0. The van der Waals surface area contributed by atoms with Crippen molar-refractivity contribution in [1.29, 1.82) is 0 Å². The number of carbonyl (C=O) groups is 4. The van der Waals surface area contributed by atoms with E-state index in [9.17, 15) is 28.7 Å². The third-order valence-corrected chi connectivity index (χ3v) is 9.09. The number of aromatic nitrogens is 2. The minimum atomic E-state index is -1.70. The van der Waals surface area contributed by atoms with E-state index in [0.29, 0.717) is 0 Å². The number of carbonyl (C=O) groups excluding carboxylic acids is 4. The normalized spacial score (nSPS) is 18.1. The van der Waals surface area contributed by atoms with E-state index < -0.39 is 65.3 Å². The molecule has 4 atom stereocenters. The first kappa shape index (κ1) is 40.9. The molecule has 5 rings (SSSR count). The van der Waals surface area contributed by atoms with Crippen molar-refractivity contribution in [2.24, 2.45) is 5.92 Å². The number of alkyl halides is 1. The van der Waals surface area contributed by atoms with Crippen LogP contribution in [0.4, 0.5) is 22.8 Å². The van der Waals surface area contributed by atoms with E-state index in [1.54, 1.807) is 11.5 Å². The van der Waals surface area contributed by atoms with Gasteiger partial charge in [-0.25, -0.2) is 27.7 Å². The van der Waals surface area contributed by atoms with Gasteiger partial charge in [0, 0.05) is 62.6 Å². The van der Waals surface area contributed by atoms with E-state index in [0.717, 1.165) is 28.7 Å². The molecule has 0 radical (unpaired) electrons. The fourth-order valence-electron chi connectivity index (χ4n) is 6.38. The average molecular weight is 770 g/mol. The van der Waals surface area contributed by atoms with E-state index >= 15 is 8.78 Å². The third kappa shape index (κ3) is 10.9. The van der Waals surface area contributed by atoms with Gasteiger partial charge in [-0.05, 0) is 44.5 Å². The molecule has 0 saturated carbocycles. The fraction of sp³-hybridized carbons (Fsp3) is 0.447.